The van der Waals surface area contributed by atoms with Gasteiger partial charge >= 0.3 is 5.97 Å². The number of likely N-dealkylation sites (tertiary alicyclic amines) is 1. The molecule has 1 aliphatic rings. The van der Waals surface area contributed by atoms with E-state index in [4.69, 9.17) is 5.11 Å². The fraction of sp³-hybridized carbons (Fsp3) is 0.900. The molecule has 3 heteroatoms. The van der Waals surface area contributed by atoms with Crippen molar-refractivity contribution in [1.29, 1.82) is 0 Å². The van der Waals surface area contributed by atoms with Crippen LogP contribution in [0.5, 0.6) is 0 Å². The molecule has 0 radical (unpaired) electrons. The van der Waals surface area contributed by atoms with Gasteiger partial charge in [-0.1, -0.05) is 6.92 Å². The van der Waals surface area contributed by atoms with Gasteiger partial charge in [-0.05, 0) is 39.7 Å². The van der Waals surface area contributed by atoms with Crippen molar-refractivity contribution in [1.82, 2.24) is 4.90 Å². The third-order valence-electron chi connectivity index (χ3n) is 3.74. The molecule has 0 aromatic carbocycles. The molecule has 0 amide bonds. The molecule has 0 saturated carbocycles. The highest BCUT2D eigenvalue weighted by Gasteiger charge is 2.41. The highest BCUT2D eigenvalue weighted by atomic mass is 16.4. The van der Waals surface area contributed by atoms with Crippen LogP contribution in [0, 0.1) is 5.92 Å². The predicted octanol–water partition coefficient (Wildman–Crippen LogP) is 1.58. The minimum atomic E-state index is -0.692. The van der Waals surface area contributed by atoms with Crippen LogP contribution in [0.1, 0.15) is 33.6 Å². The van der Waals surface area contributed by atoms with E-state index in [0.717, 1.165) is 12.8 Å². The highest BCUT2D eigenvalue weighted by molar-refractivity contribution is 5.73. The van der Waals surface area contributed by atoms with Gasteiger partial charge in [0, 0.05) is 5.54 Å². The molecule has 13 heavy (non-hydrogen) atoms. The van der Waals surface area contributed by atoms with Crippen LogP contribution >= 0.6 is 0 Å². The minimum Gasteiger partial charge on any atom is -0.480 e. The van der Waals surface area contributed by atoms with Gasteiger partial charge in [0.05, 0.1) is 0 Å². The Kier molecular flexibility index (Phi) is 2.66. The Morgan fingerprint density at radius 1 is 1.46 bits per heavy atom. The summed E-state index contributed by atoms with van der Waals surface area (Å²) in [5.41, 5.74) is 0.00130. The van der Waals surface area contributed by atoms with E-state index in [0.29, 0.717) is 5.92 Å². The quantitative estimate of drug-likeness (QED) is 0.674. The first-order chi connectivity index (χ1) is 5.87. The Morgan fingerprint density at radius 2 is 2.00 bits per heavy atom. The van der Waals surface area contributed by atoms with E-state index < -0.39 is 5.97 Å². The number of hydrogen-bond acceptors (Lipinski definition) is 2. The van der Waals surface area contributed by atoms with Crippen molar-refractivity contribution >= 4 is 5.97 Å². The van der Waals surface area contributed by atoms with E-state index in [-0.39, 0.29) is 11.6 Å². The lowest BCUT2D eigenvalue weighted by Crippen LogP contribution is -2.57. The molecule has 3 nitrogen and oxygen atoms in total. The predicted molar refractivity (Wildman–Crippen MR) is 51.7 cm³/mol. The zero-order valence-corrected chi connectivity index (χ0v) is 8.87. The summed E-state index contributed by atoms with van der Waals surface area (Å²) in [7, 11) is 1.91. The summed E-state index contributed by atoms with van der Waals surface area (Å²) in [6.07, 6.45) is 1.78. The van der Waals surface area contributed by atoms with E-state index >= 15 is 0 Å². The number of hydrogen-bond donors (Lipinski definition) is 1. The Labute approximate surface area is 79.7 Å². The van der Waals surface area contributed by atoms with Crippen molar-refractivity contribution in [2.45, 2.75) is 45.2 Å². The normalized spacial score (nSPS) is 34.5. The fourth-order valence-electron chi connectivity index (χ4n) is 1.99. The molecular formula is C10H19NO2. The molecule has 1 N–H and O–H groups in total. The third-order valence-corrected chi connectivity index (χ3v) is 3.74. The summed E-state index contributed by atoms with van der Waals surface area (Å²) in [6, 6.07) is -0.300. The number of carboxylic acids is 1. The van der Waals surface area contributed by atoms with Crippen LogP contribution in [0.4, 0.5) is 0 Å². The van der Waals surface area contributed by atoms with Crippen molar-refractivity contribution in [3.8, 4) is 0 Å². The number of nitrogens with zero attached hydrogens (tertiary/aromatic N) is 1. The van der Waals surface area contributed by atoms with Gasteiger partial charge in [-0.2, -0.15) is 0 Å². The zero-order chi connectivity index (χ0) is 10.2. The first kappa shape index (κ1) is 10.5. The highest BCUT2D eigenvalue weighted by Crippen LogP contribution is 2.34. The summed E-state index contributed by atoms with van der Waals surface area (Å²) in [5, 5.41) is 8.99. The Hall–Kier alpha value is -0.570. The van der Waals surface area contributed by atoms with Crippen LogP contribution < -0.4 is 0 Å². The lowest BCUT2D eigenvalue weighted by Gasteiger charge is -2.48. The molecule has 76 valence electrons. The third kappa shape index (κ3) is 1.70. The molecule has 1 rings (SSSR count). The molecule has 1 aliphatic heterocycles. The van der Waals surface area contributed by atoms with Crippen LogP contribution in [0.2, 0.25) is 0 Å². The molecule has 0 aromatic rings. The molecule has 0 aromatic heterocycles. The first-order valence-corrected chi connectivity index (χ1v) is 4.83. The lowest BCUT2D eigenvalue weighted by atomic mass is 9.78. The van der Waals surface area contributed by atoms with Crippen LogP contribution in [0.25, 0.3) is 0 Å². The monoisotopic (exact) mass is 185 g/mol. The summed E-state index contributed by atoms with van der Waals surface area (Å²) in [4.78, 5) is 12.9. The molecule has 0 aliphatic carbocycles. The number of piperidine rings is 1. The Bertz CT molecular complexity index is 213. The number of carbonyl (C=O) groups is 1. The Morgan fingerprint density at radius 3 is 2.46 bits per heavy atom. The van der Waals surface area contributed by atoms with Crippen LogP contribution in [-0.2, 0) is 4.79 Å². The van der Waals surface area contributed by atoms with Gasteiger partial charge in [-0.15, -0.1) is 0 Å². The summed E-state index contributed by atoms with van der Waals surface area (Å²) in [5.74, 6) is -0.129. The van der Waals surface area contributed by atoms with Crippen LogP contribution in [-0.4, -0.2) is 34.6 Å². The molecule has 0 bridgehead atoms. The molecule has 1 heterocycles. The maximum atomic E-state index is 10.9. The number of likely N-dealkylation sites (N-methyl/N-ethyl adjacent to an activating group) is 1. The van der Waals surface area contributed by atoms with Crippen LogP contribution in [0.15, 0.2) is 0 Å². The molecule has 2 unspecified atom stereocenters. The van der Waals surface area contributed by atoms with Gasteiger partial charge in [0.15, 0.2) is 0 Å². The van der Waals surface area contributed by atoms with Crippen LogP contribution in [0.3, 0.4) is 0 Å². The van der Waals surface area contributed by atoms with Crippen molar-refractivity contribution in [2.24, 2.45) is 5.92 Å². The topological polar surface area (TPSA) is 40.5 Å². The smallest absolute Gasteiger partial charge is 0.320 e. The van der Waals surface area contributed by atoms with Crippen molar-refractivity contribution in [2.75, 3.05) is 7.05 Å². The van der Waals surface area contributed by atoms with Gasteiger partial charge in [-0.3, -0.25) is 9.69 Å². The van der Waals surface area contributed by atoms with E-state index in [2.05, 4.69) is 20.8 Å². The van der Waals surface area contributed by atoms with Gasteiger partial charge in [0.1, 0.15) is 6.04 Å². The van der Waals surface area contributed by atoms with Gasteiger partial charge < -0.3 is 5.11 Å². The zero-order valence-electron chi connectivity index (χ0n) is 8.87. The maximum absolute atomic E-state index is 10.9. The van der Waals surface area contributed by atoms with Crippen molar-refractivity contribution in [3.05, 3.63) is 0 Å². The standard InChI is InChI=1S/C10H19NO2/c1-7-5-6-8(9(12)13)11(4)10(7,2)3/h7-8H,5-6H2,1-4H3,(H,12,13). The number of aliphatic carboxylic acids is 1. The molecule has 1 fully saturated rings. The average molecular weight is 185 g/mol. The number of carboxylic acid groups (broad SMARTS) is 1. The first-order valence-electron chi connectivity index (χ1n) is 4.83. The molecule has 0 spiro atoms. The Balaban J connectivity index is 2.82. The van der Waals surface area contributed by atoms with Gasteiger partial charge in [-0.25, -0.2) is 0 Å². The maximum Gasteiger partial charge on any atom is 0.320 e. The lowest BCUT2D eigenvalue weighted by molar-refractivity contribution is -0.148. The minimum absolute atomic E-state index is 0.00130. The largest absolute Gasteiger partial charge is 0.480 e. The van der Waals surface area contributed by atoms with Gasteiger partial charge in [0.25, 0.3) is 0 Å². The van der Waals surface area contributed by atoms with E-state index in [1.165, 1.54) is 0 Å². The molecule has 1 saturated heterocycles. The van der Waals surface area contributed by atoms with Gasteiger partial charge in [0.2, 0.25) is 0 Å². The second-order valence-electron chi connectivity index (χ2n) is 4.60. The summed E-state index contributed by atoms with van der Waals surface area (Å²) < 4.78 is 0. The van der Waals surface area contributed by atoms with Crippen molar-refractivity contribution in [3.63, 3.8) is 0 Å². The van der Waals surface area contributed by atoms with E-state index in [9.17, 15) is 4.79 Å². The molecule has 2 atom stereocenters. The van der Waals surface area contributed by atoms with Crippen molar-refractivity contribution < 1.29 is 9.90 Å². The fourth-order valence-corrected chi connectivity index (χ4v) is 1.99. The molecular weight excluding hydrogens is 166 g/mol. The summed E-state index contributed by atoms with van der Waals surface area (Å²) >= 11 is 0. The average Bonchev–Trinajstić information content (AvgIpc) is 2.01. The summed E-state index contributed by atoms with van der Waals surface area (Å²) in [6.45, 7) is 6.42. The van der Waals surface area contributed by atoms with E-state index in [1.54, 1.807) is 0 Å². The SMILES string of the molecule is CC1CCC(C(=O)O)N(C)C1(C)C. The number of rotatable bonds is 1. The second-order valence-corrected chi connectivity index (χ2v) is 4.60. The van der Waals surface area contributed by atoms with E-state index in [1.807, 2.05) is 11.9 Å². The second kappa shape index (κ2) is 3.29.